The van der Waals surface area contributed by atoms with Gasteiger partial charge in [-0.15, -0.1) is 0 Å². The molecule has 0 aliphatic carbocycles. The number of halogens is 1. The quantitative estimate of drug-likeness (QED) is 0.830. The summed E-state index contributed by atoms with van der Waals surface area (Å²) in [5.74, 6) is 0. The first kappa shape index (κ1) is 13.6. The second-order valence-corrected chi connectivity index (χ2v) is 5.20. The highest BCUT2D eigenvalue weighted by Crippen LogP contribution is 2.26. The third-order valence-electron chi connectivity index (χ3n) is 3.24. The Morgan fingerprint density at radius 2 is 1.89 bits per heavy atom. The minimum absolute atomic E-state index is 0.437. The molecule has 98 valence electrons. The van der Waals surface area contributed by atoms with Gasteiger partial charge in [0.2, 0.25) is 6.41 Å². The molecule has 0 aliphatic rings. The van der Waals surface area contributed by atoms with Gasteiger partial charge in [-0.1, -0.05) is 54.1 Å². The Morgan fingerprint density at radius 1 is 1.16 bits per heavy atom. The lowest BCUT2D eigenvalue weighted by molar-refractivity contribution is -0.111. The van der Waals surface area contributed by atoms with Crippen LogP contribution in [0.25, 0.3) is 0 Å². The number of carbonyl (C=O) groups is 1. The van der Waals surface area contributed by atoms with Crippen molar-refractivity contribution < 1.29 is 4.79 Å². The van der Waals surface area contributed by atoms with Crippen molar-refractivity contribution >= 4 is 18.0 Å². The van der Waals surface area contributed by atoms with E-state index in [0.29, 0.717) is 11.4 Å². The molecule has 0 aromatic heterocycles. The third kappa shape index (κ3) is 3.36. The average molecular weight is 274 g/mol. The maximum atomic E-state index is 10.9. The second kappa shape index (κ2) is 5.89. The Balaban J connectivity index is 2.32. The van der Waals surface area contributed by atoms with Gasteiger partial charge in [-0.05, 0) is 36.6 Å². The monoisotopic (exact) mass is 273 g/mol. The number of amides is 1. The van der Waals surface area contributed by atoms with E-state index in [1.807, 2.05) is 61.5 Å². The van der Waals surface area contributed by atoms with Crippen molar-refractivity contribution in [2.24, 2.45) is 0 Å². The number of carbonyl (C=O) groups excluding carboxylic acids is 1. The summed E-state index contributed by atoms with van der Waals surface area (Å²) in [5, 5.41) is 3.63. The molecule has 2 nitrogen and oxygen atoms in total. The second-order valence-electron chi connectivity index (χ2n) is 4.77. The van der Waals surface area contributed by atoms with E-state index in [-0.39, 0.29) is 0 Å². The summed E-state index contributed by atoms with van der Waals surface area (Å²) in [6.07, 6.45) is 1.44. The van der Waals surface area contributed by atoms with E-state index in [2.05, 4.69) is 5.32 Å². The van der Waals surface area contributed by atoms with Gasteiger partial charge >= 0.3 is 0 Å². The summed E-state index contributed by atoms with van der Waals surface area (Å²) in [6.45, 7) is 2.01. The van der Waals surface area contributed by atoms with Gasteiger partial charge in [0, 0.05) is 5.02 Å². The van der Waals surface area contributed by atoms with Crippen molar-refractivity contribution in [1.82, 2.24) is 5.32 Å². The zero-order chi connectivity index (χ0) is 13.7. The Bertz CT molecular complexity index is 556. The van der Waals surface area contributed by atoms with Gasteiger partial charge in [0.1, 0.15) is 0 Å². The molecule has 0 fully saturated rings. The summed E-state index contributed by atoms with van der Waals surface area (Å²) in [5.41, 5.74) is 1.73. The number of hydrogen-bond donors (Lipinski definition) is 1. The van der Waals surface area contributed by atoms with Gasteiger partial charge in [0.15, 0.2) is 0 Å². The van der Waals surface area contributed by atoms with Gasteiger partial charge in [-0.25, -0.2) is 0 Å². The van der Waals surface area contributed by atoms with Crippen LogP contribution in [0.4, 0.5) is 0 Å². The highest BCUT2D eigenvalue weighted by Gasteiger charge is 2.26. The molecule has 0 bridgehead atoms. The molecule has 0 aliphatic heterocycles. The lowest BCUT2D eigenvalue weighted by Gasteiger charge is -2.30. The molecule has 1 N–H and O–H groups in total. The average Bonchev–Trinajstić information content (AvgIpc) is 2.40. The Morgan fingerprint density at radius 3 is 2.53 bits per heavy atom. The fourth-order valence-corrected chi connectivity index (χ4v) is 2.44. The van der Waals surface area contributed by atoms with E-state index >= 15 is 0 Å². The van der Waals surface area contributed by atoms with Gasteiger partial charge < -0.3 is 5.32 Å². The lowest BCUT2D eigenvalue weighted by atomic mass is 9.86. The molecule has 1 atom stereocenters. The van der Waals surface area contributed by atoms with E-state index in [4.69, 9.17) is 11.6 Å². The van der Waals surface area contributed by atoms with Crippen LogP contribution in [0.3, 0.4) is 0 Å². The Kier molecular flexibility index (Phi) is 4.23. The zero-order valence-electron chi connectivity index (χ0n) is 10.8. The summed E-state index contributed by atoms with van der Waals surface area (Å²) < 4.78 is 0. The van der Waals surface area contributed by atoms with Crippen LogP contribution in [0.5, 0.6) is 0 Å². The van der Waals surface area contributed by atoms with Crippen molar-refractivity contribution in [3.8, 4) is 0 Å². The first-order valence-corrected chi connectivity index (χ1v) is 6.53. The molecule has 2 rings (SSSR count). The molecular formula is C16H16ClNO. The molecule has 19 heavy (non-hydrogen) atoms. The van der Waals surface area contributed by atoms with Gasteiger partial charge in [-0.3, -0.25) is 4.79 Å². The van der Waals surface area contributed by atoms with Crippen molar-refractivity contribution in [2.75, 3.05) is 0 Å². The van der Waals surface area contributed by atoms with E-state index in [1.165, 1.54) is 0 Å². The van der Waals surface area contributed by atoms with Crippen LogP contribution >= 0.6 is 11.6 Å². The van der Waals surface area contributed by atoms with E-state index in [0.717, 1.165) is 17.5 Å². The van der Waals surface area contributed by atoms with Crippen LogP contribution in [0.2, 0.25) is 5.02 Å². The summed E-state index contributed by atoms with van der Waals surface area (Å²) in [6, 6.07) is 17.6. The predicted octanol–water partition coefficient (Wildman–Crippen LogP) is 3.54. The first-order valence-electron chi connectivity index (χ1n) is 6.15. The third-order valence-corrected chi connectivity index (χ3v) is 3.47. The van der Waals surface area contributed by atoms with Crippen LogP contribution in [-0.2, 0) is 16.8 Å². The lowest BCUT2D eigenvalue weighted by Crippen LogP contribution is -2.40. The van der Waals surface area contributed by atoms with Crippen molar-refractivity contribution in [3.63, 3.8) is 0 Å². The highest BCUT2D eigenvalue weighted by molar-refractivity contribution is 6.30. The summed E-state index contributed by atoms with van der Waals surface area (Å²) >= 11 is 6.01. The largest absolute Gasteiger partial charge is 0.349 e. The SMILES string of the molecule is CC(Cc1cccc(Cl)c1)(NC=O)c1ccccc1. The molecule has 0 saturated heterocycles. The maximum absolute atomic E-state index is 10.9. The molecule has 0 spiro atoms. The van der Waals surface area contributed by atoms with E-state index < -0.39 is 5.54 Å². The molecule has 1 amide bonds. The molecule has 0 radical (unpaired) electrons. The molecular weight excluding hydrogens is 258 g/mol. The van der Waals surface area contributed by atoms with Crippen LogP contribution in [0, 0.1) is 0 Å². The van der Waals surface area contributed by atoms with E-state index in [9.17, 15) is 4.79 Å². The normalized spacial score (nSPS) is 13.6. The number of hydrogen-bond acceptors (Lipinski definition) is 1. The molecule has 2 aromatic rings. The smallest absolute Gasteiger partial charge is 0.207 e. The fraction of sp³-hybridized carbons (Fsp3) is 0.188. The van der Waals surface area contributed by atoms with Crippen LogP contribution in [0.1, 0.15) is 18.1 Å². The first-order chi connectivity index (χ1) is 9.14. The number of nitrogens with one attached hydrogen (secondary N) is 1. The maximum Gasteiger partial charge on any atom is 0.207 e. The minimum atomic E-state index is -0.437. The van der Waals surface area contributed by atoms with Gasteiger partial charge in [0.25, 0.3) is 0 Å². The summed E-state index contributed by atoms with van der Waals surface area (Å²) in [4.78, 5) is 10.9. The molecule has 0 saturated carbocycles. The topological polar surface area (TPSA) is 29.1 Å². The van der Waals surface area contributed by atoms with Crippen LogP contribution < -0.4 is 5.32 Å². The predicted molar refractivity (Wildman–Crippen MR) is 78.1 cm³/mol. The summed E-state index contributed by atoms with van der Waals surface area (Å²) in [7, 11) is 0. The fourth-order valence-electron chi connectivity index (χ4n) is 2.23. The molecule has 0 heterocycles. The molecule has 1 unspecified atom stereocenters. The Hall–Kier alpha value is -1.80. The van der Waals surface area contributed by atoms with E-state index in [1.54, 1.807) is 0 Å². The van der Waals surface area contributed by atoms with Crippen molar-refractivity contribution in [1.29, 1.82) is 0 Å². The number of benzene rings is 2. The standard InChI is InChI=1S/C16H16ClNO/c1-16(18-12-19,14-7-3-2-4-8-14)11-13-6-5-9-15(17)10-13/h2-10,12H,11H2,1H3,(H,18,19). The zero-order valence-corrected chi connectivity index (χ0v) is 11.5. The number of rotatable bonds is 5. The Labute approximate surface area is 118 Å². The minimum Gasteiger partial charge on any atom is -0.349 e. The van der Waals surface area contributed by atoms with Gasteiger partial charge in [0.05, 0.1) is 5.54 Å². The van der Waals surface area contributed by atoms with Crippen molar-refractivity contribution in [3.05, 3.63) is 70.7 Å². The van der Waals surface area contributed by atoms with Crippen LogP contribution in [-0.4, -0.2) is 6.41 Å². The molecule has 2 aromatic carbocycles. The van der Waals surface area contributed by atoms with Crippen LogP contribution in [0.15, 0.2) is 54.6 Å². The van der Waals surface area contributed by atoms with Gasteiger partial charge in [-0.2, -0.15) is 0 Å². The highest BCUT2D eigenvalue weighted by atomic mass is 35.5. The van der Waals surface area contributed by atoms with Crippen molar-refractivity contribution in [2.45, 2.75) is 18.9 Å². The molecule has 3 heteroatoms.